The topological polar surface area (TPSA) is 46.3 Å². The quantitative estimate of drug-likeness (QED) is 0.696. The summed E-state index contributed by atoms with van der Waals surface area (Å²) >= 11 is 0. The summed E-state index contributed by atoms with van der Waals surface area (Å²) in [6.07, 6.45) is 1.56. The number of hydrogen-bond acceptors (Lipinski definition) is 3. The lowest BCUT2D eigenvalue weighted by Gasteiger charge is -1.97. The van der Waals surface area contributed by atoms with E-state index >= 15 is 0 Å². The van der Waals surface area contributed by atoms with Gasteiger partial charge in [0, 0.05) is 11.6 Å². The summed E-state index contributed by atoms with van der Waals surface area (Å²) in [7, 11) is 0. The third kappa shape index (κ3) is 1.63. The van der Waals surface area contributed by atoms with Crippen LogP contribution in [-0.2, 0) is 0 Å². The van der Waals surface area contributed by atoms with Crippen molar-refractivity contribution in [2.45, 2.75) is 0 Å². The zero-order valence-electron chi connectivity index (χ0n) is 8.72. The van der Waals surface area contributed by atoms with Gasteiger partial charge in [-0.3, -0.25) is 0 Å². The van der Waals surface area contributed by atoms with Gasteiger partial charge in [-0.25, -0.2) is 9.37 Å². The molecule has 0 aliphatic carbocycles. The highest BCUT2D eigenvalue weighted by atomic mass is 19.1. The van der Waals surface area contributed by atoms with Crippen LogP contribution in [0.1, 0.15) is 0 Å². The number of pyridine rings is 1. The molecule has 2 heterocycles. The third-order valence-electron chi connectivity index (χ3n) is 2.50. The number of fused-ring (bicyclic) bond motifs is 1. The van der Waals surface area contributed by atoms with Gasteiger partial charge in [0.15, 0.2) is 5.76 Å². The van der Waals surface area contributed by atoms with Crippen LogP contribution in [0.25, 0.3) is 22.4 Å². The van der Waals surface area contributed by atoms with Gasteiger partial charge in [-0.2, -0.15) is 0 Å². The standard InChI is InChI=1S/C13H8FNO2/c14-9-3-4-11-8(6-9)7-12(17-11)13-10(16)2-1-5-15-13/h1-7,16H. The monoisotopic (exact) mass is 229 g/mol. The average molecular weight is 229 g/mol. The van der Waals surface area contributed by atoms with Crippen LogP contribution >= 0.6 is 0 Å². The van der Waals surface area contributed by atoms with Crippen molar-refractivity contribution in [3.8, 4) is 17.2 Å². The van der Waals surface area contributed by atoms with E-state index in [9.17, 15) is 9.50 Å². The molecular formula is C13H8FNO2. The van der Waals surface area contributed by atoms with E-state index in [1.54, 1.807) is 24.4 Å². The van der Waals surface area contributed by atoms with Crippen LogP contribution in [0, 0.1) is 5.82 Å². The summed E-state index contributed by atoms with van der Waals surface area (Å²) in [4.78, 5) is 4.03. The molecule has 0 fully saturated rings. The number of aromatic hydroxyl groups is 1. The molecule has 0 unspecified atom stereocenters. The Morgan fingerprint density at radius 1 is 1.18 bits per heavy atom. The van der Waals surface area contributed by atoms with E-state index < -0.39 is 0 Å². The van der Waals surface area contributed by atoms with Crippen LogP contribution in [0.15, 0.2) is 47.0 Å². The van der Waals surface area contributed by atoms with Crippen molar-refractivity contribution >= 4 is 11.0 Å². The molecule has 0 atom stereocenters. The molecule has 84 valence electrons. The Morgan fingerprint density at radius 2 is 2.06 bits per heavy atom. The highest BCUT2D eigenvalue weighted by Gasteiger charge is 2.11. The molecule has 4 heteroatoms. The van der Waals surface area contributed by atoms with Gasteiger partial charge in [-0.1, -0.05) is 0 Å². The minimum atomic E-state index is -0.324. The number of nitrogens with zero attached hydrogens (tertiary/aromatic N) is 1. The van der Waals surface area contributed by atoms with Crippen LogP contribution < -0.4 is 0 Å². The van der Waals surface area contributed by atoms with Crippen LogP contribution in [0.5, 0.6) is 5.75 Å². The maximum atomic E-state index is 13.0. The molecule has 0 amide bonds. The largest absolute Gasteiger partial charge is 0.506 e. The van der Waals surface area contributed by atoms with E-state index in [1.165, 1.54) is 18.2 Å². The molecule has 1 N–H and O–H groups in total. The average Bonchev–Trinajstić information content (AvgIpc) is 2.72. The lowest BCUT2D eigenvalue weighted by molar-refractivity contribution is 0.472. The highest BCUT2D eigenvalue weighted by Crippen LogP contribution is 2.31. The summed E-state index contributed by atoms with van der Waals surface area (Å²) < 4.78 is 18.5. The van der Waals surface area contributed by atoms with Crippen LogP contribution in [0.3, 0.4) is 0 Å². The SMILES string of the molecule is Oc1cccnc1-c1cc2cc(F)ccc2o1. The molecule has 0 spiro atoms. The summed E-state index contributed by atoms with van der Waals surface area (Å²) in [6.45, 7) is 0. The molecule has 0 bridgehead atoms. The fourth-order valence-electron chi connectivity index (χ4n) is 1.72. The van der Waals surface area contributed by atoms with Crippen molar-refractivity contribution < 1.29 is 13.9 Å². The lowest BCUT2D eigenvalue weighted by Crippen LogP contribution is -1.79. The van der Waals surface area contributed by atoms with E-state index in [-0.39, 0.29) is 11.6 Å². The first-order chi connectivity index (χ1) is 8.24. The van der Waals surface area contributed by atoms with Crippen LogP contribution in [0.2, 0.25) is 0 Å². The lowest BCUT2D eigenvalue weighted by atomic mass is 10.2. The Bertz CT molecular complexity index is 691. The Hall–Kier alpha value is -2.36. The van der Waals surface area contributed by atoms with E-state index in [0.29, 0.717) is 22.4 Å². The van der Waals surface area contributed by atoms with Crippen molar-refractivity contribution in [3.05, 3.63) is 48.4 Å². The van der Waals surface area contributed by atoms with Gasteiger partial charge in [0.1, 0.15) is 22.8 Å². The molecule has 0 radical (unpaired) electrons. The van der Waals surface area contributed by atoms with E-state index in [2.05, 4.69) is 4.98 Å². The molecule has 3 nitrogen and oxygen atoms in total. The van der Waals surface area contributed by atoms with Gasteiger partial charge in [-0.15, -0.1) is 0 Å². The van der Waals surface area contributed by atoms with Crippen LogP contribution in [-0.4, -0.2) is 10.1 Å². The zero-order chi connectivity index (χ0) is 11.8. The van der Waals surface area contributed by atoms with Crippen molar-refractivity contribution in [3.63, 3.8) is 0 Å². The minimum absolute atomic E-state index is 0.0343. The number of rotatable bonds is 1. The third-order valence-corrected chi connectivity index (χ3v) is 2.50. The maximum absolute atomic E-state index is 13.0. The second-order valence-corrected chi connectivity index (χ2v) is 3.66. The predicted molar refractivity (Wildman–Crippen MR) is 61.1 cm³/mol. The number of furan rings is 1. The molecular weight excluding hydrogens is 221 g/mol. The Labute approximate surface area is 96.1 Å². The van der Waals surface area contributed by atoms with E-state index in [0.717, 1.165) is 0 Å². The zero-order valence-corrected chi connectivity index (χ0v) is 8.72. The number of halogens is 1. The second-order valence-electron chi connectivity index (χ2n) is 3.66. The van der Waals surface area contributed by atoms with Crippen molar-refractivity contribution in [2.75, 3.05) is 0 Å². The van der Waals surface area contributed by atoms with Crippen molar-refractivity contribution in [2.24, 2.45) is 0 Å². The molecule has 3 rings (SSSR count). The molecule has 17 heavy (non-hydrogen) atoms. The fourth-order valence-corrected chi connectivity index (χ4v) is 1.72. The van der Waals surface area contributed by atoms with Gasteiger partial charge in [0.2, 0.25) is 0 Å². The van der Waals surface area contributed by atoms with E-state index in [1.807, 2.05) is 0 Å². The first kappa shape index (κ1) is 9.84. The summed E-state index contributed by atoms with van der Waals surface area (Å²) in [5, 5.41) is 10.3. The minimum Gasteiger partial charge on any atom is -0.506 e. The highest BCUT2D eigenvalue weighted by molar-refractivity contribution is 5.83. The molecule has 3 aromatic rings. The first-order valence-electron chi connectivity index (χ1n) is 5.07. The molecule has 0 aliphatic rings. The van der Waals surface area contributed by atoms with E-state index in [4.69, 9.17) is 4.42 Å². The molecule has 0 saturated heterocycles. The Kier molecular flexibility index (Phi) is 2.08. The van der Waals surface area contributed by atoms with Gasteiger partial charge >= 0.3 is 0 Å². The van der Waals surface area contributed by atoms with Crippen molar-refractivity contribution in [1.29, 1.82) is 0 Å². The number of hydrogen-bond donors (Lipinski definition) is 1. The molecule has 0 saturated carbocycles. The normalized spacial score (nSPS) is 10.9. The van der Waals surface area contributed by atoms with Gasteiger partial charge in [0.05, 0.1) is 0 Å². The fraction of sp³-hybridized carbons (Fsp3) is 0. The number of aromatic nitrogens is 1. The van der Waals surface area contributed by atoms with Gasteiger partial charge in [0.25, 0.3) is 0 Å². The predicted octanol–water partition coefficient (Wildman–Crippen LogP) is 3.34. The van der Waals surface area contributed by atoms with Gasteiger partial charge in [-0.05, 0) is 36.4 Å². The molecule has 1 aromatic carbocycles. The Balaban J connectivity index is 2.22. The smallest absolute Gasteiger partial charge is 0.157 e. The Morgan fingerprint density at radius 3 is 2.88 bits per heavy atom. The first-order valence-corrected chi connectivity index (χ1v) is 5.07. The second kappa shape index (κ2) is 3.59. The summed E-state index contributed by atoms with van der Waals surface area (Å²) in [5.41, 5.74) is 0.913. The van der Waals surface area contributed by atoms with Crippen LogP contribution in [0.4, 0.5) is 4.39 Å². The summed E-state index contributed by atoms with van der Waals surface area (Å²) in [6, 6.07) is 9.06. The van der Waals surface area contributed by atoms with Gasteiger partial charge < -0.3 is 9.52 Å². The summed E-state index contributed by atoms with van der Waals surface area (Å²) in [5.74, 6) is 0.130. The van der Waals surface area contributed by atoms with Crippen molar-refractivity contribution in [1.82, 2.24) is 4.98 Å². The molecule has 2 aromatic heterocycles. The maximum Gasteiger partial charge on any atom is 0.157 e. The molecule has 0 aliphatic heterocycles. The number of benzene rings is 1.